The molecule has 2 heteroatoms. The van der Waals surface area contributed by atoms with Gasteiger partial charge in [0.25, 0.3) is 0 Å². The molecule has 2 aromatic rings. The van der Waals surface area contributed by atoms with E-state index in [4.69, 9.17) is 0 Å². The fourth-order valence-electron chi connectivity index (χ4n) is 2.97. The van der Waals surface area contributed by atoms with Crippen LogP contribution in [0.2, 0.25) is 0 Å². The van der Waals surface area contributed by atoms with Crippen molar-refractivity contribution in [3.8, 4) is 0 Å². The molecule has 0 N–H and O–H groups in total. The van der Waals surface area contributed by atoms with Crippen molar-refractivity contribution in [2.45, 2.75) is 45.6 Å². The molecule has 2 unspecified atom stereocenters. The quantitative estimate of drug-likeness (QED) is 0.713. The molecule has 0 amide bonds. The maximum absolute atomic E-state index is 4.20. The van der Waals surface area contributed by atoms with Crippen molar-refractivity contribution in [1.82, 2.24) is 9.55 Å². The zero-order valence-corrected chi connectivity index (χ0v) is 12.0. The number of rotatable bonds is 7. The molecule has 0 aliphatic heterocycles. The Bertz CT molecular complexity index is 447. The Kier molecular flexibility index (Phi) is 5.20. The minimum absolute atomic E-state index is 0.558. The molecule has 102 valence electrons. The molecule has 0 fully saturated rings. The Balaban J connectivity index is 2.14. The van der Waals surface area contributed by atoms with Gasteiger partial charge in [0.1, 0.15) is 0 Å². The summed E-state index contributed by atoms with van der Waals surface area (Å²) in [4.78, 5) is 4.20. The van der Waals surface area contributed by atoms with E-state index in [-0.39, 0.29) is 0 Å². The average molecular weight is 256 g/mol. The highest BCUT2D eigenvalue weighted by Crippen LogP contribution is 2.29. The van der Waals surface area contributed by atoms with Gasteiger partial charge < -0.3 is 4.57 Å². The van der Waals surface area contributed by atoms with Crippen molar-refractivity contribution in [2.75, 3.05) is 0 Å². The second-order valence-corrected chi connectivity index (χ2v) is 5.22. The highest BCUT2D eigenvalue weighted by molar-refractivity contribution is 5.15. The molecule has 0 radical (unpaired) electrons. The van der Waals surface area contributed by atoms with Crippen molar-refractivity contribution in [3.63, 3.8) is 0 Å². The minimum Gasteiger partial charge on any atom is -0.334 e. The topological polar surface area (TPSA) is 17.8 Å². The van der Waals surface area contributed by atoms with Crippen LogP contribution in [0.4, 0.5) is 0 Å². The summed E-state index contributed by atoms with van der Waals surface area (Å²) < 4.78 is 2.28. The van der Waals surface area contributed by atoms with Crippen molar-refractivity contribution < 1.29 is 0 Å². The van der Waals surface area contributed by atoms with Crippen LogP contribution in [0.25, 0.3) is 0 Å². The first-order chi connectivity index (χ1) is 9.35. The molecule has 2 rings (SSSR count). The zero-order valence-electron chi connectivity index (χ0n) is 12.0. The van der Waals surface area contributed by atoms with Gasteiger partial charge in [-0.3, -0.25) is 0 Å². The molecule has 0 aliphatic carbocycles. The molecule has 0 saturated heterocycles. The number of hydrogen-bond acceptors (Lipinski definition) is 1. The van der Waals surface area contributed by atoms with Crippen molar-refractivity contribution >= 4 is 0 Å². The van der Waals surface area contributed by atoms with E-state index < -0.39 is 0 Å². The van der Waals surface area contributed by atoms with E-state index in [1.165, 1.54) is 18.4 Å². The van der Waals surface area contributed by atoms with Crippen LogP contribution in [0.1, 0.15) is 44.7 Å². The smallest absolute Gasteiger partial charge is 0.0948 e. The summed E-state index contributed by atoms with van der Waals surface area (Å²) in [6.07, 6.45) is 10.8. The van der Waals surface area contributed by atoms with Gasteiger partial charge in [-0.1, -0.05) is 50.6 Å². The van der Waals surface area contributed by atoms with E-state index in [0.29, 0.717) is 12.0 Å². The van der Waals surface area contributed by atoms with Crippen LogP contribution in [-0.2, 0) is 6.42 Å². The molecule has 0 spiro atoms. The lowest BCUT2D eigenvalue weighted by atomic mass is 9.87. The minimum atomic E-state index is 0.558. The molecule has 2 nitrogen and oxygen atoms in total. The lowest BCUT2D eigenvalue weighted by molar-refractivity contribution is 0.297. The fraction of sp³-hybridized carbons (Fsp3) is 0.471. The monoisotopic (exact) mass is 256 g/mol. The Morgan fingerprint density at radius 1 is 1.16 bits per heavy atom. The molecular weight excluding hydrogens is 232 g/mol. The van der Waals surface area contributed by atoms with Crippen LogP contribution < -0.4 is 0 Å². The van der Waals surface area contributed by atoms with Crippen LogP contribution >= 0.6 is 0 Å². The Labute approximate surface area is 116 Å². The maximum Gasteiger partial charge on any atom is 0.0948 e. The standard InChI is InChI=1S/C17H24N2/c1-3-8-16(13-15-9-6-5-7-10-15)17(4-2)19-12-11-18-14-19/h5-7,9-12,14,16-17H,3-4,8,13H2,1-2H3. The molecule has 1 aromatic heterocycles. The van der Waals surface area contributed by atoms with E-state index >= 15 is 0 Å². The third-order valence-corrected chi connectivity index (χ3v) is 3.87. The van der Waals surface area contributed by atoms with Crippen LogP contribution in [0.3, 0.4) is 0 Å². The van der Waals surface area contributed by atoms with E-state index in [9.17, 15) is 0 Å². The summed E-state index contributed by atoms with van der Waals surface area (Å²) in [7, 11) is 0. The molecular formula is C17H24N2. The second-order valence-electron chi connectivity index (χ2n) is 5.22. The van der Waals surface area contributed by atoms with Gasteiger partial charge in [-0.15, -0.1) is 0 Å². The summed E-state index contributed by atoms with van der Waals surface area (Å²) >= 11 is 0. The fourth-order valence-corrected chi connectivity index (χ4v) is 2.97. The van der Waals surface area contributed by atoms with Crippen LogP contribution in [0.5, 0.6) is 0 Å². The number of imidazole rings is 1. The van der Waals surface area contributed by atoms with Crippen LogP contribution in [-0.4, -0.2) is 9.55 Å². The summed E-state index contributed by atoms with van der Waals surface area (Å²) in [6.45, 7) is 4.55. The Morgan fingerprint density at radius 2 is 1.95 bits per heavy atom. The van der Waals surface area contributed by atoms with Gasteiger partial charge in [-0.2, -0.15) is 0 Å². The van der Waals surface area contributed by atoms with Gasteiger partial charge in [0, 0.05) is 18.4 Å². The van der Waals surface area contributed by atoms with Gasteiger partial charge >= 0.3 is 0 Å². The molecule has 1 aromatic carbocycles. The highest BCUT2D eigenvalue weighted by Gasteiger charge is 2.20. The summed E-state index contributed by atoms with van der Waals surface area (Å²) in [6, 6.07) is 11.4. The van der Waals surface area contributed by atoms with Gasteiger partial charge in [-0.25, -0.2) is 4.98 Å². The maximum atomic E-state index is 4.20. The molecule has 0 saturated carbocycles. The second kappa shape index (κ2) is 7.13. The zero-order chi connectivity index (χ0) is 13.5. The number of aromatic nitrogens is 2. The lowest BCUT2D eigenvalue weighted by Gasteiger charge is -2.27. The third-order valence-electron chi connectivity index (χ3n) is 3.87. The van der Waals surface area contributed by atoms with E-state index in [0.717, 1.165) is 12.8 Å². The van der Waals surface area contributed by atoms with Gasteiger partial charge in [0.15, 0.2) is 0 Å². The van der Waals surface area contributed by atoms with Crippen molar-refractivity contribution in [2.24, 2.45) is 5.92 Å². The average Bonchev–Trinajstić information content (AvgIpc) is 2.95. The Hall–Kier alpha value is -1.57. The number of nitrogens with zero attached hydrogens (tertiary/aromatic N) is 2. The molecule has 0 bridgehead atoms. The summed E-state index contributed by atoms with van der Waals surface area (Å²) in [5.41, 5.74) is 1.44. The molecule has 2 atom stereocenters. The molecule has 19 heavy (non-hydrogen) atoms. The largest absolute Gasteiger partial charge is 0.334 e. The van der Waals surface area contributed by atoms with E-state index in [1.54, 1.807) is 0 Å². The lowest BCUT2D eigenvalue weighted by Crippen LogP contribution is -2.20. The van der Waals surface area contributed by atoms with E-state index in [1.807, 2.05) is 12.5 Å². The predicted octanol–water partition coefficient (Wildman–Crippen LogP) is 4.49. The van der Waals surface area contributed by atoms with Crippen LogP contribution in [0, 0.1) is 5.92 Å². The Morgan fingerprint density at radius 3 is 2.53 bits per heavy atom. The SMILES string of the molecule is CCCC(Cc1ccccc1)C(CC)n1ccnc1. The number of hydrogen-bond donors (Lipinski definition) is 0. The summed E-state index contributed by atoms with van der Waals surface area (Å²) in [5.74, 6) is 0.687. The van der Waals surface area contributed by atoms with Gasteiger partial charge in [-0.05, 0) is 30.7 Å². The number of benzene rings is 1. The third kappa shape index (κ3) is 3.69. The molecule has 1 heterocycles. The van der Waals surface area contributed by atoms with Gasteiger partial charge in [0.05, 0.1) is 6.33 Å². The van der Waals surface area contributed by atoms with Crippen LogP contribution in [0.15, 0.2) is 49.1 Å². The first kappa shape index (κ1) is 13.9. The highest BCUT2D eigenvalue weighted by atomic mass is 15.1. The first-order valence-electron chi connectivity index (χ1n) is 7.36. The predicted molar refractivity (Wildman–Crippen MR) is 80.1 cm³/mol. The van der Waals surface area contributed by atoms with Crippen molar-refractivity contribution in [3.05, 3.63) is 54.6 Å². The summed E-state index contributed by atoms with van der Waals surface area (Å²) in [5, 5.41) is 0. The normalized spacial score (nSPS) is 14.2. The van der Waals surface area contributed by atoms with Gasteiger partial charge in [0.2, 0.25) is 0 Å². The van der Waals surface area contributed by atoms with Crippen molar-refractivity contribution in [1.29, 1.82) is 0 Å². The first-order valence-corrected chi connectivity index (χ1v) is 7.36. The molecule has 0 aliphatic rings. The van der Waals surface area contributed by atoms with E-state index in [2.05, 4.69) is 59.9 Å².